The molecular formula is C17H26Cl2N4O. The molecule has 2 fully saturated rings. The fourth-order valence-electron chi connectivity index (χ4n) is 3.23. The van der Waals surface area contributed by atoms with Crippen LogP contribution in [0.3, 0.4) is 0 Å². The van der Waals surface area contributed by atoms with E-state index in [4.69, 9.17) is 11.6 Å². The Bertz CT molecular complexity index is 529. The van der Waals surface area contributed by atoms with Crippen LogP contribution >= 0.6 is 24.0 Å². The zero-order valence-corrected chi connectivity index (χ0v) is 15.5. The number of amides is 1. The first kappa shape index (κ1) is 19.3. The van der Waals surface area contributed by atoms with E-state index in [2.05, 4.69) is 21.2 Å². The lowest BCUT2D eigenvalue weighted by atomic mass is 10.2. The van der Waals surface area contributed by atoms with Crippen LogP contribution in [0.25, 0.3) is 0 Å². The van der Waals surface area contributed by atoms with Crippen molar-refractivity contribution >= 4 is 35.6 Å². The normalized spacial score (nSPS) is 19.0. The van der Waals surface area contributed by atoms with E-state index < -0.39 is 0 Å². The Kier molecular flexibility index (Phi) is 7.62. The van der Waals surface area contributed by atoms with Gasteiger partial charge in [-0.2, -0.15) is 0 Å². The van der Waals surface area contributed by atoms with E-state index in [0.717, 1.165) is 63.9 Å². The summed E-state index contributed by atoms with van der Waals surface area (Å²) >= 11 is 6.07. The van der Waals surface area contributed by atoms with Crippen LogP contribution in [0.1, 0.15) is 6.42 Å². The molecule has 3 rings (SSSR count). The predicted octanol–water partition coefficient (Wildman–Crippen LogP) is 1.71. The van der Waals surface area contributed by atoms with Crippen molar-refractivity contribution in [3.63, 3.8) is 0 Å². The molecule has 134 valence electrons. The number of rotatable bonds is 4. The van der Waals surface area contributed by atoms with Gasteiger partial charge in [-0.25, -0.2) is 0 Å². The number of halogens is 2. The lowest BCUT2D eigenvalue weighted by molar-refractivity contribution is -0.132. The minimum absolute atomic E-state index is 0. The quantitative estimate of drug-likeness (QED) is 0.872. The molecule has 7 heteroatoms. The maximum Gasteiger partial charge on any atom is 0.223 e. The monoisotopic (exact) mass is 372 g/mol. The van der Waals surface area contributed by atoms with Gasteiger partial charge in [0.1, 0.15) is 0 Å². The summed E-state index contributed by atoms with van der Waals surface area (Å²) in [6.07, 6.45) is 0.636. The third-order valence-corrected chi connectivity index (χ3v) is 4.89. The highest BCUT2D eigenvalue weighted by atomic mass is 35.5. The standard InChI is InChI=1S/C17H25ClN4O.ClH/c18-15-2-1-3-16(14-15)21-12-10-20(11-13-21)7-4-17(23)22-8-5-19-6-9-22;/h1-3,14,19H,4-13H2;1H. The number of hydrogen-bond donors (Lipinski definition) is 1. The highest BCUT2D eigenvalue weighted by Gasteiger charge is 2.20. The molecule has 0 aliphatic carbocycles. The topological polar surface area (TPSA) is 38.8 Å². The molecule has 24 heavy (non-hydrogen) atoms. The van der Waals surface area contributed by atoms with Crippen molar-refractivity contribution in [3.05, 3.63) is 29.3 Å². The SMILES string of the molecule is Cl.O=C(CCN1CCN(c2cccc(Cl)c2)CC1)N1CCNCC1. The second-order valence-corrected chi connectivity index (χ2v) is 6.63. The molecule has 1 aromatic carbocycles. The van der Waals surface area contributed by atoms with Gasteiger partial charge in [0.25, 0.3) is 0 Å². The highest BCUT2D eigenvalue weighted by Crippen LogP contribution is 2.20. The number of carbonyl (C=O) groups is 1. The van der Waals surface area contributed by atoms with Crippen LogP contribution in [0.15, 0.2) is 24.3 Å². The second-order valence-electron chi connectivity index (χ2n) is 6.19. The van der Waals surface area contributed by atoms with Crippen molar-refractivity contribution in [1.29, 1.82) is 0 Å². The molecule has 1 N–H and O–H groups in total. The van der Waals surface area contributed by atoms with E-state index in [1.165, 1.54) is 5.69 Å². The van der Waals surface area contributed by atoms with Gasteiger partial charge in [0.15, 0.2) is 0 Å². The van der Waals surface area contributed by atoms with Crippen LogP contribution in [0.5, 0.6) is 0 Å². The molecule has 2 heterocycles. The van der Waals surface area contributed by atoms with E-state index in [9.17, 15) is 4.79 Å². The molecule has 0 aromatic heterocycles. The lowest BCUT2D eigenvalue weighted by Gasteiger charge is -2.36. The summed E-state index contributed by atoms with van der Waals surface area (Å²) in [5.41, 5.74) is 1.19. The van der Waals surface area contributed by atoms with Gasteiger partial charge in [-0.15, -0.1) is 12.4 Å². The largest absolute Gasteiger partial charge is 0.369 e. The van der Waals surface area contributed by atoms with Gasteiger partial charge in [0, 0.05) is 76.0 Å². The molecule has 0 spiro atoms. The molecule has 0 radical (unpaired) electrons. The molecule has 2 saturated heterocycles. The smallest absolute Gasteiger partial charge is 0.223 e. The van der Waals surface area contributed by atoms with Gasteiger partial charge >= 0.3 is 0 Å². The summed E-state index contributed by atoms with van der Waals surface area (Å²) in [5, 5.41) is 4.06. The molecule has 0 atom stereocenters. The average molecular weight is 373 g/mol. The zero-order chi connectivity index (χ0) is 16.1. The summed E-state index contributed by atoms with van der Waals surface area (Å²) in [6, 6.07) is 8.03. The summed E-state index contributed by atoms with van der Waals surface area (Å²) in [6.45, 7) is 8.38. The fraction of sp³-hybridized carbons (Fsp3) is 0.588. The van der Waals surface area contributed by atoms with Gasteiger partial charge in [-0.1, -0.05) is 17.7 Å². The first-order valence-electron chi connectivity index (χ1n) is 8.44. The number of hydrogen-bond acceptors (Lipinski definition) is 4. The Balaban J connectivity index is 0.00000208. The summed E-state index contributed by atoms with van der Waals surface area (Å²) in [7, 11) is 0. The number of nitrogens with one attached hydrogen (secondary N) is 1. The third-order valence-electron chi connectivity index (χ3n) is 4.66. The van der Waals surface area contributed by atoms with Crippen molar-refractivity contribution in [2.75, 3.05) is 63.8 Å². The van der Waals surface area contributed by atoms with E-state index in [1.807, 2.05) is 23.1 Å². The molecule has 0 unspecified atom stereocenters. The lowest BCUT2D eigenvalue weighted by Crippen LogP contribution is -2.49. The van der Waals surface area contributed by atoms with E-state index in [-0.39, 0.29) is 12.4 Å². The van der Waals surface area contributed by atoms with Crippen LogP contribution < -0.4 is 10.2 Å². The zero-order valence-electron chi connectivity index (χ0n) is 13.9. The molecule has 2 aliphatic rings. The highest BCUT2D eigenvalue weighted by molar-refractivity contribution is 6.30. The number of piperazine rings is 2. The predicted molar refractivity (Wildman–Crippen MR) is 101 cm³/mol. The summed E-state index contributed by atoms with van der Waals surface area (Å²) < 4.78 is 0. The van der Waals surface area contributed by atoms with E-state index in [1.54, 1.807) is 0 Å². The second kappa shape index (κ2) is 9.47. The van der Waals surface area contributed by atoms with Gasteiger partial charge < -0.3 is 15.1 Å². The molecule has 1 amide bonds. The van der Waals surface area contributed by atoms with Crippen molar-refractivity contribution in [2.24, 2.45) is 0 Å². The number of benzene rings is 1. The average Bonchev–Trinajstić information content (AvgIpc) is 2.61. The first-order chi connectivity index (χ1) is 11.2. The number of carbonyl (C=O) groups excluding carboxylic acids is 1. The fourth-order valence-corrected chi connectivity index (χ4v) is 3.41. The minimum Gasteiger partial charge on any atom is -0.369 e. The molecule has 2 aliphatic heterocycles. The van der Waals surface area contributed by atoms with Crippen LogP contribution in [-0.2, 0) is 4.79 Å². The Morgan fingerprint density at radius 2 is 1.79 bits per heavy atom. The maximum absolute atomic E-state index is 12.2. The Morgan fingerprint density at radius 1 is 1.08 bits per heavy atom. The Labute approximate surface area is 155 Å². The molecule has 0 saturated carbocycles. The molecule has 1 aromatic rings. The third kappa shape index (κ3) is 5.24. The summed E-state index contributed by atoms with van der Waals surface area (Å²) in [4.78, 5) is 18.9. The minimum atomic E-state index is 0. The number of anilines is 1. The van der Waals surface area contributed by atoms with Crippen LogP contribution in [0.2, 0.25) is 5.02 Å². The molecule has 0 bridgehead atoms. The van der Waals surface area contributed by atoms with Gasteiger partial charge in [0.2, 0.25) is 5.91 Å². The van der Waals surface area contributed by atoms with Crippen molar-refractivity contribution in [3.8, 4) is 0 Å². The van der Waals surface area contributed by atoms with Gasteiger partial charge in [-0.05, 0) is 18.2 Å². The van der Waals surface area contributed by atoms with Gasteiger partial charge in [0.05, 0.1) is 0 Å². The Hall–Kier alpha value is -1.01. The summed E-state index contributed by atoms with van der Waals surface area (Å²) in [5.74, 6) is 0.295. The van der Waals surface area contributed by atoms with Crippen LogP contribution in [0.4, 0.5) is 5.69 Å². The van der Waals surface area contributed by atoms with Crippen molar-refractivity contribution in [1.82, 2.24) is 15.1 Å². The first-order valence-corrected chi connectivity index (χ1v) is 8.81. The molecule has 5 nitrogen and oxygen atoms in total. The molecular weight excluding hydrogens is 347 g/mol. The van der Waals surface area contributed by atoms with E-state index >= 15 is 0 Å². The van der Waals surface area contributed by atoms with Crippen molar-refractivity contribution < 1.29 is 4.79 Å². The maximum atomic E-state index is 12.2. The van der Waals surface area contributed by atoms with Gasteiger partial charge in [-0.3, -0.25) is 9.69 Å². The van der Waals surface area contributed by atoms with E-state index in [0.29, 0.717) is 12.3 Å². The van der Waals surface area contributed by atoms with Crippen molar-refractivity contribution in [2.45, 2.75) is 6.42 Å². The van der Waals surface area contributed by atoms with Crippen LogP contribution in [-0.4, -0.2) is 74.6 Å². The Morgan fingerprint density at radius 3 is 2.46 bits per heavy atom. The van der Waals surface area contributed by atoms with Crippen LogP contribution in [0, 0.1) is 0 Å². The number of nitrogens with zero attached hydrogens (tertiary/aromatic N) is 3.